The highest BCUT2D eigenvalue weighted by molar-refractivity contribution is 7.94. The van der Waals surface area contributed by atoms with Gasteiger partial charge in [-0.05, 0) is 37.6 Å². The van der Waals surface area contributed by atoms with Crippen molar-refractivity contribution in [2.24, 2.45) is 4.40 Å². The zero-order valence-corrected chi connectivity index (χ0v) is 19.5. The van der Waals surface area contributed by atoms with Gasteiger partial charge in [-0.2, -0.15) is 21.6 Å². The molecule has 1 atom stereocenters. The van der Waals surface area contributed by atoms with Gasteiger partial charge in [-0.25, -0.2) is 0 Å². The molecule has 0 fully saturated rings. The highest BCUT2D eigenvalue weighted by Crippen LogP contribution is 2.39. The number of rotatable bonds is 6. The third kappa shape index (κ3) is 4.88. The Morgan fingerprint density at radius 1 is 1.24 bits per heavy atom. The molecule has 34 heavy (non-hydrogen) atoms. The number of carbonyl (C=O) groups is 1. The summed E-state index contributed by atoms with van der Waals surface area (Å²) in [6.45, 7) is 3.34. The first-order valence-electron chi connectivity index (χ1n) is 10.1. The molecule has 0 saturated carbocycles. The number of allylic oxidation sites excluding steroid dienone is 1. The van der Waals surface area contributed by atoms with E-state index < -0.39 is 50.3 Å². The van der Waals surface area contributed by atoms with Gasteiger partial charge in [-0.1, -0.05) is 13.0 Å². The third-order valence-electron chi connectivity index (χ3n) is 4.95. The molecule has 1 aromatic heterocycles. The Hall–Kier alpha value is -3.48. The number of nitrogens with one attached hydrogen (secondary N) is 2. The van der Waals surface area contributed by atoms with Gasteiger partial charge < -0.3 is 25.1 Å². The Morgan fingerprint density at radius 2 is 1.91 bits per heavy atom. The molecule has 2 aromatic rings. The van der Waals surface area contributed by atoms with Gasteiger partial charge in [0.25, 0.3) is 15.9 Å². The van der Waals surface area contributed by atoms with Crippen molar-refractivity contribution in [2.45, 2.75) is 32.5 Å². The van der Waals surface area contributed by atoms with Crippen LogP contribution >= 0.6 is 0 Å². The first-order valence-corrected chi connectivity index (χ1v) is 11.5. The number of alkyl halides is 3. The maximum atomic E-state index is 13.8. The van der Waals surface area contributed by atoms with E-state index in [2.05, 4.69) is 15.0 Å². The van der Waals surface area contributed by atoms with Gasteiger partial charge in [-0.15, -0.1) is 4.40 Å². The summed E-state index contributed by atoms with van der Waals surface area (Å²) in [6.07, 6.45) is -5.00. The van der Waals surface area contributed by atoms with Crippen molar-refractivity contribution in [2.75, 3.05) is 19.4 Å². The quantitative estimate of drug-likeness (QED) is 0.517. The number of hydrogen-bond donors (Lipinski definition) is 3. The molecule has 0 radical (unpaired) electrons. The molecule has 2 heterocycles. The summed E-state index contributed by atoms with van der Waals surface area (Å²) in [7, 11) is -2.21. The van der Waals surface area contributed by atoms with Crippen LogP contribution in [-0.2, 0) is 10.0 Å². The standard InChI is InChI=1S/C21H23F3N4O5S/c1-5-13(15-10-9-11(2)33-15)25-16-18(21(22,23)24)34(31,32)27-19(16)26-14-8-6-7-12(17(14)29)20(30)28(3)4/h6-10,13,25,29H,5H2,1-4H3,(H,26,27). The molecule has 3 rings (SSSR count). The van der Waals surface area contributed by atoms with Crippen LogP contribution in [0, 0.1) is 6.92 Å². The van der Waals surface area contributed by atoms with Crippen LogP contribution in [0.5, 0.6) is 5.75 Å². The molecular formula is C21H23F3N4O5S. The highest BCUT2D eigenvalue weighted by atomic mass is 32.2. The van der Waals surface area contributed by atoms with E-state index in [0.29, 0.717) is 11.5 Å². The SMILES string of the molecule is CCC(NC1=C(C(F)(F)F)S(=O)(=O)N=C1Nc1cccc(C(=O)N(C)C)c1O)c1ccc(C)o1. The predicted octanol–water partition coefficient (Wildman–Crippen LogP) is 3.66. The summed E-state index contributed by atoms with van der Waals surface area (Å²) < 4.78 is 75.0. The number of anilines is 1. The number of phenolic OH excluding ortho intramolecular Hbond substituents is 1. The van der Waals surface area contributed by atoms with E-state index in [1.165, 1.54) is 37.2 Å². The van der Waals surface area contributed by atoms with Crippen LogP contribution in [0.1, 0.15) is 41.3 Å². The van der Waals surface area contributed by atoms with Crippen LogP contribution < -0.4 is 10.6 Å². The molecule has 0 saturated heterocycles. The zero-order valence-electron chi connectivity index (χ0n) is 18.7. The molecule has 0 spiro atoms. The van der Waals surface area contributed by atoms with Crippen LogP contribution in [0.4, 0.5) is 18.9 Å². The molecule has 1 aliphatic heterocycles. The Kier molecular flexibility index (Phi) is 6.69. The molecule has 0 aliphatic carbocycles. The van der Waals surface area contributed by atoms with Gasteiger partial charge in [0.2, 0.25) is 0 Å². The summed E-state index contributed by atoms with van der Waals surface area (Å²) in [5, 5.41) is 15.6. The Bertz CT molecular complexity index is 1280. The van der Waals surface area contributed by atoms with E-state index in [-0.39, 0.29) is 17.7 Å². The monoisotopic (exact) mass is 500 g/mol. The fourth-order valence-corrected chi connectivity index (χ4v) is 4.50. The van der Waals surface area contributed by atoms with Crippen LogP contribution in [0.3, 0.4) is 0 Å². The molecule has 1 unspecified atom stereocenters. The summed E-state index contributed by atoms with van der Waals surface area (Å²) >= 11 is 0. The van der Waals surface area contributed by atoms with Crippen molar-refractivity contribution in [1.29, 1.82) is 0 Å². The van der Waals surface area contributed by atoms with Crippen molar-refractivity contribution < 1.29 is 35.9 Å². The van der Waals surface area contributed by atoms with Crippen molar-refractivity contribution in [3.8, 4) is 5.75 Å². The Morgan fingerprint density at radius 3 is 2.44 bits per heavy atom. The average Bonchev–Trinajstić information content (AvgIpc) is 3.26. The minimum Gasteiger partial charge on any atom is -0.505 e. The summed E-state index contributed by atoms with van der Waals surface area (Å²) in [4.78, 5) is 11.6. The average molecular weight is 500 g/mol. The lowest BCUT2D eigenvalue weighted by molar-refractivity contribution is -0.0850. The summed E-state index contributed by atoms with van der Waals surface area (Å²) in [6, 6.07) is 6.36. The molecule has 1 aromatic carbocycles. The van der Waals surface area contributed by atoms with E-state index >= 15 is 0 Å². The second kappa shape index (κ2) is 9.05. The molecule has 3 N–H and O–H groups in total. The lowest BCUT2D eigenvalue weighted by Gasteiger charge is -2.21. The Labute approximate surface area is 194 Å². The number of hydrogen-bond acceptors (Lipinski definition) is 7. The molecule has 13 heteroatoms. The van der Waals surface area contributed by atoms with Crippen LogP contribution in [0.25, 0.3) is 0 Å². The maximum Gasteiger partial charge on any atom is 0.431 e. The first kappa shape index (κ1) is 25.1. The normalized spacial score (nSPS) is 16.3. The second-order valence-corrected chi connectivity index (χ2v) is 9.24. The lowest BCUT2D eigenvalue weighted by atomic mass is 10.1. The van der Waals surface area contributed by atoms with Gasteiger partial charge >= 0.3 is 6.18 Å². The zero-order chi connectivity index (χ0) is 25.4. The van der Waals surface area contributed by atoms with Gasteiger partial charge in [0, 0.05) is 14.1 Å². The third-order valence-corrected chi connectivity index (χ3v) is 6.32. The minimum atomic E-state index is -5.25. The number of furan rings is 1. The largest absolute Gasteiger partial charge is 0.505 e. The number of phenols is 1. The highest BCUT2D eigenvalue weighted by Gasteiger charge is 2.50. The number of amides is 1. The molecule has 1 aliphatic rings. The van der Waals surface area contributed by atoms with Gasteiger partial charge in [0.1, 0.15) is 17.2 Å². The number of halogens is 3. The van der Waals surface area contributed by atoms with Gasteiger partial charge in [0.05, 0.1) is 17.3 Å². The minimum absolute atomic E-state index is 0.136. The molecular weight excluding hydrogens is 477 g/mol. The topological polar surface area (TPSA) is 124 Å². The van der Waals surface area contributed by atoms with Crippen molar-refractivity contribution >= 4 is 27.5 Å². The van der Waals surface area contributed by atoms with E-state index in [4.69, 9.17) is 4.42 Å². The number of carbonyl (C=O) groups excluding carboxylic acids is 1. The number of nitrogens with zero attached hydrogens (tertiary/aromatic N) is 2. The second-order valence-electron chi connectivity index (χ2n) is 7.70. The fraction of sp³-hybridized carbons (Fsp3) is 0.333. The Balaban J connectivity index is 2.09. The number of benzene rings is 1. The molecule has 1 amide bonds. The van der Waals surface area contributed by atoms with Crippen molar-refractivity contribution in [3.63, 3.8) is 0 Å². The van der Waals surface area contributed by atoms with Gasteiger partial charge in [0.15, 0.2) is 16.5 Å². The van der Waals surface area contributed by atoms with Gasteiger partial charge in [-0.3, -0.25) is 4.79 Å². The number of aromatic hydroxyl groups is 1. The smallest absolute Gasteiger partial charge is 0.431 e. The molecule has 184 valence electrons. The lowest BCUT2D eigenvalue weighted by Crippen LogP contribution is -2.31. The number of amidine groups is 1. The van der Waals surface area contributed by atoms with Crippen LogP contribution in [0.15, 0.2) is 49.7 Å². The molecule has 0 bridgehead atoms. The first-order chi connectivity index (χ1) is 15.8. The number of sulfonamides is 1. The van der Waals surface area contributed by atoms with Crippen molar-refractivity contribution in [3.05, 3.63) is 58.0 Å². The fourth-order valence-electron chi connectivity index (χ4n) is 3.33. The van der Waals surface area contributed by atoms with E-state index in [1.807, 2.05) is 0 Å². The summed E-state index contributed by atoms with van der Waals surface area (Å²) in [5.74, 6) is -0.988. The van der Waals surface area contributed by atoms with Crippen LogP contribution in [-0.4, -0.2) is 50.4 Å². The predicted molar refractivity (Wildman–Crippen MR) is 119 cm³/mol. The van der Waals surface area contributed by atoms with Crippen LogP contribution in [0.2, 0.25) is 0 Å². The summed E-state index contributed by atoms with van der Waals surface area (Å²) in [5.41, 5.74) is -1.16. The van der Waals surface area contributed by atoms with E-state index in [9.17, 15) is 31.5 Å². The number of para-hydroxylation sites is 1. The van der Waals surface area contributed by atoms with E-state index in [1.54, 1.807) is 26.0 Å². The maximum absolute atomic E-state index is 13.8. The molecule has 9 nitrogen and oxygen atoms in total. The van der Waals surface area contributed by atoms with E-state index in [0.717, 1.165) is 0 Å². The number of aryl methyl sites for hydroxylation is 1. The van der Waals surface area contributed by atoms with Crippen molar-refractivity contribution in [1.82, 2.24) is 10.2 Å².